The fourth-order valence-corrected chi connectivity index (χ4v) is 5.02. The molecule has 0 saturated carbocycles. The normalized spacial score (nSPS) is 16.0. The third-order valence-electron chi connectivity index (χ3n) is 7.25. The Hall–Kier alpha value is -4.28. The topological polar surface area (TPSA) is 95.0 Å². The number of benzene rings is 1. The van der Waals surface area contributed by atoms with Crippen LogP contribution >= 0.6 is 0 Å². The maximum atomic E-state index is 13.5. The van der Waals surface area contributed by atoms with Gasteiger partial charge in [0.05, 0.1) is 18.8 Å². The van der Waals surface area contributed by atoms with Gasteiger partial charge < -0.3 is 19.5 Å². The van der Waals surface area contributed by atoms with E-state index in [0.717, 1.165) is 36.3 Å². The number of pyridine rings is 1. The fraction of sp³-hybridized carbons (Fsp3) is 0.333. The number of hydrogen-bond donors (Lipinski definition) is 1. The van der Waals surface area contributed by atoms with Gasteiger partial charge in [0, 0.05) is 42.1 Å². The van der Waals surface area contributed by atoms with Crippen molar-refractivity contribution in [1.29, 1.82) is 0 Å². The van der Waals surface area contributed by atoms with Gasteiger partial charge in [-0.25, -0.2) is 19.3 Å². The van der Waals surface area contributed by atoms with Gasteiger partial charge in [-0.15, -0.1) is 0 Å². The van der Waals surface area contributed by atoms with Crippen LogP contribution in [-0.2, 0) is 23.4 Å². The first-order chi connectivity index (χ1) is 19.3. The number of likely N-dealkylation sites (N-methyl/N-ethyl adjacent to an activating group) is 1. The zero-order valence-electron chi connectivity index (χ0n) is 23.3. The van der Waals surface area contributed by atoms with E-state index in [4.69, 9.17) is 14.7 Å². The molecule has 1 aliphatic heterocycles. The molecular weight excluding hydrogens is 504 g/mol. The molecule has 0 atom stereocenters. The lowest BCUT2D eigenvalue weighted by molar-refractivity contribution is -0.0224. The molecule has 206 valence electrons. The summed E-state index contributed by atoms with van der Waals surface area (Å²) in [6.07, 6.45) is 8.47. The molecule has 5 aromatic rings. The molecular formula is C30H34N8O2. The smallest absolute Gasteiger partial charge is 0.278 e. The Labute approximate surface area is 232 Å². The summed E-state index contributed by atoms with van der Waals surface area (Å²) in [7, 11) is 4.16. The Morgan fingerprint density at radius 3 is 2.83 bits per heavy atom. The minimum atomic E-state index is -0.580. The van der Waals surface area contributed by atoms with E-state index >= 15 is 0 Å². The Kier molecular flexibility index (Phi) is 6.73. The van der Waals surface area contributed by atoms with Crippen LogP contribution in [-0.4, -0.2) is 61.0 Å². The summed E-state index contributed by atoms with van der Waals surface area (Å²) in [5.74, 6) is 1.00. The van der Waals surface area contributed by atoms with E-state index in [0.29, 0.717) is 36.0 Å². The Morgan fingerprint density at radius 2 is 1.98 bits per heavy atom. The molecule has 0 fully saturated rings. The van der Waals surface area contributed by atoms with Crippen molar-refractivity contribution in [1.82, 2.24) is 33.8 Å². The minimum absolute atomic E-state index is 0.161. The molecule has 0 spiro atoms. The van der Waals surface area contributed by atoms with Crippen LogP contribution in [0.25, 0.3) is 27.8 Å². The molecule has 10 heteroatoms. The number of hydrogen-bond acceptors (Lipinski definition) is 7. The first-order valence-electron chi connectivity index (χ1n) is 13.6. The lowest BCUT2D eigenvalue weighted by Gasteiger charge is -2.25. The van der Waals surface area contributed by atoms with Crippen LogP contribution in [0.5, 0.6) is 0 Å². The highest BCUT2D eigenvalue weighted by atomic mass is 16.5. The fourth-order valence-electron chi connectivity index (χ4n) is 5.02. The highest BCUT2D eigenvalue weighted by Gasteiger charge is 2.25. The molecule has 0 saturated heterocycles. The molecule has 1 aliphatic rings. The van der Waals surface area contributed by atoms with Crippen LogP contribution in [0.1, 0.15) is 26.0 Å². The summed E-state index contributed by atoms with van der Waals surface area (Å²) in [5.41, 5.74) is 2.58. The molecule has 0 amide bonds. The number of nitrogens with zero attached hydrogens (tertiary/aromatic N) is 7. The molecule has 0 unspecified atom stereocenters. The highest BCUT2D eigenvalue weighted by Crippen LogP contribution is 2.26. The molecule has 40 heavy (non-hydrogen) atoms. The van der Waals surface area contributed by atoms with Gasteiger partial charge in [-0.05, 0) is 70.8 Å². The zero-order valence-corrected chi connectivity index (χ0v) is 23.3. The molecule has 1 aromatic carbocycles. The van der Waals surface area contributed by atoms with Gasteiger partial charge in [0.2, 0.25) is 5.95 Å². The quantitative estimate of drug-likeness (QED) is 0.331. The summed E-state index contributed by atoms with van der Waals surface area (Å²) in [6, 6.07) is 14.1. The second-order valence-corrected chi connectivity index (χ2v) is 10.8. The average Bonchev–Trinajstić information content (AvgIpc) is 3.46. The van der Waals surface area contributed by atoms with Crippen LogP contribution in [0.3, 0.4) is 0 Å². The first-order valence-corrected chi connectivity index (χ1v) is 13.6. The Balaban J connectivity index is 1.40. The largest absolute Gasteiger partial charge is 0.369 e. The van der Waals surface area contributed by atoms with E-state index in [-0.39, 0.29) is 5.56 Å². The van der Waals surface area contributed by atoms with Crippen LogP contribution in [0, 0.1) is 0 Å². The van der Waals surface area contributed by atoms with E-state index < -0.39 is 5.60 Å². The highest BCUT2D eigenvalue weighted by molar-refractivity contribution is 5.85. The van der Waals surface area contributed by atoms with E-state index in [2.05, 4.69) is 58.3 Å². The number of anilines is 2. The van der Waals surface area contributed by atoms with Crippen molar-refractivity contribution >= 4 is 33.6 Å². The van der Waals surface area contributed by atoms with E-state index in [1.54, 1.807) is 15.6 Å². The van der Waals surface area contributed by atoms with Gasteiger partial charge in [0.1, 0.15) is 11.0 Å². The molecule has 6 rings (SSSR count). The molecule has 2 bridgehead atoms. The van der Waals surface area contributed by atoms with E-state index in [1.165, 1.54) is 5.52 Å². The summed E-state index contributed by atoms with van der Waals surface area (Å²) in [4.78, 5) is 29.9. The molecule has 10 nitrogen and oxygen atoms in total. The summed E-state index contributed by atoms with van der Waals surface area (Å²) in [6.45, 7) is 6.86. The Morgan fingerprint density at radius 1 is 1.10 bits per heavy atom. The molecule has 5 heterocycles. The van der Waals surface area contributed by atoms with Crippen molar-refractivity contribution in [3.8, 4) is 5.82 Å². The standard InChI is InChI=1S/C30H34N8O2/c1-30(2)25-9-8-10-26(33-25)38-27-23(28(39)37(38)14-6-5-7-18-40-30)20-31-29(34-27)32-22-11-12-24-21(19-22)13-15-36(24)17-16-35(3)4/h5-6,8-13,15,19-20H,7,14,16-18H2,1-4H3,(H,31,32,34)/b6-5-. The van der Waals surface area contributed by atoms with E-state index in [1.807, 2.05) is 50.3 Å². The Bertz CT molecular complexity index is 1780. The van der Waals surface area contributed by atoms with Gasteiger partial charge in [-0.3, -0.25) is 4.79 Å². The van der Waals surface area contributed by atoms with Crippen LogP contribution in [0.15, 0.2) is 71.8 Å². The van der Waals surface area contributed by atoms with Crippen molar-refractivity contribution in [3.05, 3.63) is 83.1 Å². The van der Waals surface area contributed by atoms with E-state index in [9.17, 15) is 4.79 Å². The predicted octanol–water partition coefficient (Wildman–Crippen LogP) is 4.45. The summed E-state index contributed by atoms with van der Waals surface area (Å²) in [5, 5.41) is 4.90. The maximum Gasteiger partial charge on any atom is 0.278 e. The van der Waals surface area contributed by atoms with Crippen molar-refractivity contribution in [2.75, 3.05) is 32.6 Å². The SMILES string of the molecule is CN(C)CCn1ccc2cc(Nc3ncc4c(=O)n5n(c4n3)-c3cccc(n3)C(C)(C)OCC/C=C\C5)ccc21. The first kappa shape index (κ1) is 26.0. The summed E-state index contributed by atoms with van der Waals surface area (Å²) >= 11 is 0. The molecule has 4 aromatic heterocycles. The number of allylic oxidation sites excluding steroid dienone is 1. The molecule has 0 aliphatic carbocycles. The number of rotatable bonds is 5. The van der Waals surface area contributed by atoms with Crippen molar-refractivity contribution in [2.45, 2.75) is 39.0 Å². The second kappa shape index (κ2) is 10.4. The summed E-state index contributed by atoms with van der Waals surface area (Å²) < 4.78 is 11.8. The zero-order chi connectivity index (χ0) is 27.9. The minimum Gasteiger partial charge on any atom is -0.369 e. The average molecular weight is 539 g/mol. The number of aromatic nitrogens is 6. The molecule has 0 radical (unpaired) electrons. The van der Waals surface area contributed by atoms with Crippen LogP contribution < -0.4 is 10.9 Å². The van der Waals surface area contributed by atoms with Gasteiger partial charge in [0.25, 0.3) is 5.56 Å². The van der Waals surface area contributed by atoms with Gasteiger partial charge in [0.15, 0.2) is 11.5 Å². The van der Waals surface area contributed by atoms with Gasteiger partial charge in [-0.1, -0.05) is 18.2 Å². The van der Waals surface area contributed by atoms with Gasteiger partial charge in [-0.2, -0.15) is 4.98 Å². The maximum absolute atomic E-state index is 13.5. The number of ether oxygens (including phenoxy) is 1. The monoisotopic (exact) mass is 538 g/mol. The van der Waals surface area contributed by atoms with Crippen LogP contribution in [0.4, 0.5) is 11.6 Å². The lowest BCUT2D eigenvalue weighted by atomic mass is 10.0. The predicted molar refractivity (Wildman–Crippen MR) is 157 cm³/mol. The molecule has 1 N–H and O–H groups in total. The van der Waals surface area contributed by atoms with Crippen LogP contribution in [0.2, 0.25) is 0 Å². The van der Waals surface area contributed by atoms with Crippen molar-refractivity contribution in [3.63, 3.8) is 0 Å². The van der Waals surface area contributed by atoms with Crippen molar-refractivity contribution < 1.29 is 4.74 Å². The third-order valence-corrected chi connectivity index (χ3v) is 7.25. The lowest BCUT2D eigenvalue weighted by Crippen LogP contribution is -2.26. The third kappa shape index (κ3) is 4.91. The van der Waals surface area contributed by atoms with Gasteiger partial charge >= 0.3 is 0 Å². The second-order valence-electron chi connectivity index (χ2n) is 10.8. The van der Waals surface area contributed by atoms with Crippen molar-refractivity contribution in [2.24, 2.45) is 0 Å². The number of nitrogens with one attached hydrogen (secondary N) is 1. The number of fused-ring (bicyclic) bond motifs is 7.